The van der Waals surface area contributed by atoms with Crippen molar-refractivity contribution >= 4 is 17.9 Å². The van der Waals surface area contributed by atoms with Crippen LogP contribution in [0.5, 0.6) is 0 Å². The first-order valence-corrected chi connectivity index (χ1v) is 5.61. The molecule has 0 spiro atoms. The maximum Gasteiger partial charge on any atom is 0.317 e. The standard InChI is InChI=1S/C10H15N3O4/c14-8(12-7-1-2-7)3-11-10(17)13-4-6(5-13)9(15)16/h6-7H,1-5H2,(H,11,17)(H,12,14)(H,15,16). The van der Waals surface area contributed by atoms with Crippen molar-refractivity contribution in [1.29, 1.82) is 0 Å². The van der Waals surface area contributed by atoms with E-state index < -0.39 is 11.9 Å². The van der Waals surface area contributed by atoms with E-state index >= 15 is 0 Å². The van der Waals surface area contributed by atoms with Crippen LogP contribution in [-0.4, -0.2) is 53.6 Å². The van der Waals surface area contributed by atoms with Gasteiger partial charge in [-0.15, -0.1) is 0 Å². The van der Waals surface area contributed by atoms with Gasteiger partial charge < -0.3 is 20.6 Å². The van der Waals surface area contributed by atoms with Gasteiger partial charge in [0.2, 0.25) is 5.91 Å². The number of amides is 3. The van der Waals surface area contributed by atoms with Gasteiger partial charge in [0, 0.05) is 19.1 Å². The Morgan fingerprint density at radius 2 is 1.88 bits per heavy atom. The number of nitrogens with one attached hydrogen (secondary N) is 2. The minimum Gasteiger partial charge on any atom is -0.481 e. The number of rotatable bonds is 4. The number of carboxylic acid groups (broad SMARTS) is 1. The zero-order chi connectivity index (χ0) is 12.4. The van der Waals surface area contributed by atoms with Crippen LogP contribution in [0.3, 0.4) is 0 Å². The fourth-order valence-electron chi connectivity index (χ4n) is 1.57. The molecule has 94 valence electrons. The number of hydrogen-bond acceptors (Lipinski definition) is 3. The van der Waals surface area contributed by atoms with E-state index in [1.165, 1.54) is 4.90 Å². The summed E-state index contributed by atoms with van der Waals surface area (Å²) in [4.78, 5) is 34.6. The lowest BCUT2D eigenvalue weighted by Gasteiger charge is -2.36. The molecule has 0 radical (unpaired) electrons. The summed E-state index contributed by atoms with van der Waals surface area (Å²) in [5.41, 5.74) is 0. The Balaban J connectivity index is 1.61. The highest BCUT2D eigenvalue weighted by molar-refractivity contribution is 5.85. The molecular formula is C10H15N3O4. The van der Waals surface area contributed by atoms with Crippen molar-refractivity contribution < 1.29 is 19.5 Å². The van der Waals surface area contributed by atoms with Crippen LogP contribution >= 0.6 is 0 Å². The second-order valence-corrected chi connectivity index (χ2v) is 4.44. The summed E-state index contributed by atoms with van der Waals surface area (Å²) in [7, 11) is 0. The van der Waals surface area contributed by atoms with Gasteiger partial charge in [0.05, 0.1) is 12.5 Å². The number of carbonyl (C=O) groups is 3. The molecule has 1 heterocycles. The van der Waals surface area contributed by atoms with E-state index in [1.54, 1.807) is 0 Å². The largest absolute Gasteiger partial charge is 0.481 e. The molecule has 0 bridgehead atoms. The SMILES string of the molecule is O=C(CNC(=O)N1CC(C(=O)O)C1)NC1CC1. The summed E-state index contributed by atoms with van der Waals surface area (Å²) >= 11 is 0. The van der Waals surface area contributed by atoms with Crippen LogP contribution < -0.4 is 10.6 Å². The van der Waals surface area contributed by atoms with Gasteiger partial charge >= 0.3 is 12.0 Å². The van der Waals surface area contributed by atoms with Crippen LogP contribution in [0.1, 0.15) is 12.8 Å². The first kappa shape index (κ1) is 11.7. The number of urea groups is 1. The van der Waals surface area contributed by atoms with Crippen LogP contribution in [0.25, 0.3) is 0 Å². The highest BCUT2D eigenvalue weighted by Gasteiger charge is 2.35. The third-order valence-corrected chi connectivity index (χ3v) is 2.86. The average molecular weight is 241 g/mol. The van der Waals surface area contributed by atoms with E-state index in [4.69, 9.17) is 5.11 Å². The van der Waals surface area contributed by atoms with Crippen LogP contribution in [0.4, 0.5) is 4.79 Å². The van der Waals surface area contributed by atoms with Crippen molar-refractivity contribution in [3.05, 3.63) is 0 Å². The smallest absolute Gasteiger partial charge is 0.317 e. The summed E-state index contributed by atoms with van der Waals surface area (Å²) in [6.07, 6.45) is 2.01. The highest BCUT2D eigenvalue weighted by atomic mass is 16.4. The number of likely N-dealkylation sites (tertiary alicyclic amines) is 1. The topological polar surface area (TPSA) is 98.7 Å². The maximum absolute atomic E-state index is 11.4. The van der Waals surface area contributed by atoms with Crippen molar-refractivity contribution in [3.63, 3.8) is 0 Å². The van der Waals surface area contributed by atoms with Gasteiger partial charge in [-0.3, -0.25) is 9.59 Å². The summed E-state index contributed by atoms with van der Waals surface area (Å²) in [6.45, 7) is 0.375. The van der Waals surface area contributed by atoms with Crippen molar-refractivity contribution in [1.82, 2.24) is 15.5 Å². The van der Waals surface area contributed by atoms with Gasteiger partial charge in [0.25, 0.3) is 0 Å². The molecule has 1 aliphatic heterocycles. The third-order valence-electron chi connectivity index (χ3n) is 2.86. The molecule has 3 N–H and O–H groups in total. The first-order chi connectivity index (χ1) is 8.06. The summed E-state index contributed by atoms with van der Waals surface area (Å²) < 4.78 is 0. The molecule has 3 amide bonds. The molecule has 0 unspecified atom stereocenters. The Morgan fingerprint density at radius 1 is 1.24 bits per heavy atom. The molecule has 2 fully saturated rings. The van der Waals surface area contributed by atoms with E-state index in [0.29, 0.717) is 0 Å². The molecule has 0 aromatic heterocycles. The molecule has 1 saturated heterocycles. The fourth-order valence-corrected chi connectivity index (χ4v) is 1.57. The van der Waals surface area contributed by atoms with Gasteiger partial charge in [-0.2, -0.15) is 0 Å². The van der Waals surface area contributed by atoms with Crippen LogP contribution in [0.15, 0.2) is 0 Å². The molecule has 1 aliphatic carbocycles. The van der Waals surface area contributed by atoms with Crippen molar-refractivity contribution in [2.45, 2.75) is 18.9 Å². The van der Waals surface area contributed by atoms with Crippen molar-refractivity contribution in [3.8, 4) is 0 Å². The quantitative estimate of drug-likeness (QED) is 0.587. The van der Waals surface area contributed by atoms with E-state index in [2.05, 4.69) is 10.6 Å². The molecule has 0 aromatic rings. The second-order valence-electron chi connectivity index (χ2n) is 4.44. The number of hydrogen-bond donors (Lipinski definition) is 3. The lowest BCUT2D eigenvalue weighted by molar-refractivity contribution is -0.146. The normalized spacial score (nSPS) is 19.4. The molecule has 2 aliphatic rings. The summed E-state index contributed by atoms with van der Waals surface area (Å²) in [6, 6.07) is -0.103. The molecule has 17 heavy (non-hydrogen) atoms. The molecule has 1 saturated carbocycles. The van der Waals surface area contributed by atoms with Crippen LogP contribution in [0, 0.1) is 5.92 Å². The van der Waals surface area contributed by atoms with Gasteiger partial charge in [-0.25, -0.2) is 4.79 Å². The molecular weight excluding hydrogens is 226 g/mol. The molecule has 7 nitrogen and oxygen atoms in total. The van der Waals surface area contributed by atoms with Crippen molar-refractivity contribution in [2.75, 3.05) is 19.6 Å². The molecule has 7 heteroatoms. The predicted molar refractivity (Wildman–Crippen MR) is 57.3 cm³/mol. The highest BCUT2D eigenvalue weighted by Crippen LogP contribution is 2.18. The minimum absolute atomic E-state index is 0.0520. The van der Waals surface area contributed by atoms with Crippen molar-refractivity contribution in [2.24, 2.45) is 5.92 Å². The Morgan fingerprint density at radius 3 is 2.41 bits per heavy atom. The predicted octanol–water partition coefficient (Wildman–Crippen LogP) is -1.01. The fraction of sp³-hybridized carbons (Fsp3) is 0.700. The monoisotopic (exact) mass is 241 g/mol. The molecule has 2 rings (SSSR count). The lowest BCUT2D eigenvalue weighted by Crippen LogP contribution is -2.57. The average Bonchev–Trinajstić information content (AvgIpc) is 2.95. The van der Waals surface area contributed by atoms with E-state index in [-0.39, 0.29) is 37.6 Å². The molecule has 0 atom stereocenters. The number of carboxylic acids is 1. The zero-order valence-corrected chi connectivity index (χ0v) is 9.31. The Kier molecular flexibility index (Phi) is 3.16. The van der Waals surface area contributed by atoms with Crippen LogP contribution in [-0.2, 0) is 9.59 Å². The summed E-state index contributed by atoms with van der Waals surface area (Å²) in [5, 5.41) is 13.8. The minimum atomic E-state index is -0.888. The Bertz CT molecular complexity index is 347. The number of nitrogens with zero attached hydrogens (tertiary/aromatic N) is 1. The van der Waals surface area contributed by atoms with E-state index in [9.17, 15) is 14.4 Å². The third kappa shape index (κ3) is 3.08. The second kappa shape index (κ2) is 4.60. The zero-order valence-electron chi connectivity index (χ0n) is 9.31. The number of aliphatic carboxylic acids is 1. The maximum atomic E-state index is 11.4. The lowest BCUT2D eigenvalue weighted by atomic mass is 10.0. The van der Waals surface area contributed by atoms with Gasteiger partial charge in [-0.05, 0) is 12.8 Å². The van der Waals surface area contributed by atoms with E-state index in [0.717, 1.165) is 12.8 Å². The Labute approximate surface area is 98.2 Å². The Hall–Kier alpha value is -1.79. The van der Waals surface area contributed by atoms with Gasteiger partial charge in [0.15, 0.2) is 0 Å². The van der Waals surface area contributed by atoms with Gasteiger partial charge in [0.1, 0.15) is 0 Å². The first-order valence-electron chi connectivity index (χ1n) is 5.61. The van der Waals surface area contributed by atoms with Crippen LogP contribution in [0.2, 0.25) is 0 Å². The summed E-state index contributed by atoms with van der Waals surface area (Å²) in [5.74, 6) is -1.56. The molecule has 0 aromatic carbocycles. The number of carbonyl (C=O) groups excluding carboxylic acids is 2. The van der Waals surface area contributed by atoms with E-state index in [1.807, 2.05) is 0 Å². The van der Waals surface area contributed by atoms with Gasteiger partial charge in [-0.1, -0.05) is 0 Å².